The summed E-state index contributed by atoms with van der Waals surface area (Å²) in [5, 5.41) is 19.8. The van der Waals surface area contributed by atoms with Crippen LogP contribution in [0.5, 0.6) is 0 Å². The second kappa shape index (κ2) is 9.53. The Morgan fingerprint density at radius 1 is 1.03 bits per heavy atom. The molecule has 0 radical (unpaired) electrons. The second-order valence-electron chi connectivity index (χ2n) is 7.70. The van der Waals surface area contributed by atoms with E-state index in [1.807, 2.05) is 24.3 Å². The molecule has 1 aliphatic rings. The van der Waals surface area contributed by atoms with Crippen molar-refractivity contribution in [3.05, 3.63) is 60.2 Å². The van der Waals surface area contributed by atoms with E-state index in [-0.39, 0.29) is 28.6 Å². The molecular formula is C23H21FN6O2S. The highest BCUT2D eigenvalue weighted by Gasteiger charge is 2.17. The number of nitrogens with one attached hydrogen (secondary N) is 1. The van der Waals surface area contributed by atoms with Crippen molar-refractivity contribution in [2.45, 2.75) is 37.5 Å². The third kappa shape index (κ3) is 4.95. The zero-order chi connectivity index (χ0) is 22.6. The van der Waals surface area contributed by atoms with Gasteiger partial charge in [0.25, 0.3) is 5.22 Å². The maximum Gasteiger partial charge on any atom is 0.277 e. The van der Waals surface area contributed by atoms with E-state index in [2.05, 4.69) is 30.3 Å². The number of anilines is 1. The monoisotopic (exact) mass is 464 g/mol. The third-order valence-electron chi connectivity index (χ3n) is 5.34. The van der Waals surface area contributed by atoms with Crippen LogP contribution in [-0.4, -0.2) is 36.6 Å². The van der Waals surface area contributed by atoms with E-state index < -0.39 is 0 Å². The molecule has 3 heterocycles. The van der Waals surface area contributed by atoms with Crippen LogP contribution in [0, 0.1) is 5.82 Å². The molecule has 1 aliphatic heterocycles. The van der Waals surface area contributed by atoms with E-state index in [0.29, 0.717) is 11.3 Å². The second-order valence-corrected chi connectivity index (χ2v) is 8.63. The molecule has 0 spiro atoms. The number of aryl methyl sites for hydroxylation is 1. The standard InChI is InChI=1S/C23H21FN6O2S/c24-17-10-8-15(9-11-17)22-28-29-23(32-22)33-14-20(31)25-18-6-4-5-16(13-18)21-27-26-19-7-2-1-3-12-30(19)21/h4-6,8-11,13H,1-3,7,12,14H2,(H,25,31). The lowest BCUT2D eigenvalue weighted by Gasteiger charge is -2.09. The fourth-order valence-electron chi connectivity index (χ4n) is 3.74. The number of carbonyl (C=O) groups is 1. The normalized spacial score (nSPS) is 13.4. The highest BCUT2D eigenvalue weighted by atomic mass is 32.2. The van der Waals surface area contributed by atoms with Crippen molar-refractivity contribution in [1.82, 2.24) is 25.0 Å². The van der Waals surface area contributed by atoms with Gasteiger partial charge in [0, 0.05) is 29.8 Å². The van der Waals surface area contributed by atoms with Crippen LogP contribution in [0.15, 0.2) is 58.2 Å². The zero-order valence-corrected chi connectivity index (χ0v) is 18.5. The topological polar surface area (TPSA) is 98.7 Å². The van der Waals surface area contributed by atoms with Crippen molar-refractivity contribution in [2.75, 3.05) is 11.1 Å². The summed E-state index contributed by atoms with van der Waals surface area (Å²) < 4.78 is 20.8. The Morgan fingerprint density at radius 3 is 2.79 bits per heavy atom. The number of amides is 1. The Morgan fingerprint density at radius 2 is 1.91 bits per heavy atom. The van der Waals surface area contributed by atoms with E-state index in [1.54, 1.807) is 12.1 Å². The summed E-state index contributed by atoms with van der Waals surface area (Å²) >= 11 is 1.14. The van der Waals surface area contributed by atoms with Crippen molar-refractivity contribution in [2.24, 2.45) is 0 Å². The molecule has 0 saturated heterocycles. The van der Waals surface area contributed by atoms with Gasteiger partial charge in [0.15, 0.2) is 5.82 Å². The molecule has 1 amide bonds. The molecule has 0 saturated carbocycles. The van der Waals surface area contributed by atoms with Crippen molar-refractivity contribution in [3.63, 3.8) is 0 Å². The Bertz CT molecular complexity index is 1270. The molecule has 2 aromatic carbocycles. The zero-order valence-electron chi connectivity index (χ0n) is 17.7. The molecule has 1 N–H and O–H groups in total. The average molecular weight is 465 g/mol. The minimum absolute atomic E-state index is 0.107. The molecule has 0 fully saturated rings. The number of hydrogen-bond acceptors (Lipinski definition) is 7. The fraction of sp³-hybridized carbons (Fsp3) is 0.261. The first-order valence-corrected chi connectivity index (χ1v) is 11.7. The molecule has 0 bridgehead atoms. The van der Waals surface area contributed by atoms with Crippen molar-refractivity contribution >= 4 is 23.4 Å². The fourth-order valence-corrected chi connectivity index (χ4v) is 4.30. The van der Waals surface area contributed by atoms with Gasteiger partial charge in [0.2, 0.25) is 11.8 Å². The SMILES string of the molecule is O=C(CSc1nnc(-c2ccc(F)cc2)o1)Nc1cccc(-c2nnc3n2CCCCC3)c1. The molecule has 4 aromatic rings. The number of nitrogens with zero attached hydrogens (tertiary/aromatic N) is 5. The molecule has 0 unspecified atom stereocenters. The Hall–Kier alpha value is -3.53. The van der Waals surface area contributed by atoms with Gasteiger partial charge in [-0.2, -0.15) is 0 Å². The number of halogens is 1. The maximum atomic E-state index is 13.1. The van der Waals surface area contributed by atoms with Crippen LogP contribution in [0.1, 0.15) is 25.1 Å². The van der Waals surface area contributed by atoms with Gasteiger partial charge in [-0.1, -0.05) is 30.3 Å². The number of carbonyl (C=O) groups excluding carboxylic acids is 1. The highest BCUT2D eigenvalue weighted by molar-refractivity contribution is 7.99. The molecule has 2 aromatic heterocycles. The molecular weight excluding hydrogens is 443 g/mol. The van der Waals surface area contributed by atoms with Gasteiger partial charge in [-0.05, 0) is 49.2 Å². The lowest BCUT2D eigenvalue weighted by atomic mass is 10.2. The smallest absolute Gasteiger partial charge is 0.277 e. The lowest BCUT2D eigenvalue weighted by molar-refractivity contribution is -0.113. The van der Waals surface area contributed by atoms with Gasteiger partial charge in [0.05, 0.1) is 5.75 Å². The van der Waals surface area contributed by atoms with Crippen LogP contribution in [0.4, 0.5) is 10.1 Å². The molecule has 10 heteroatoms. The Labute approximate surface area is 193 Å². The van der Waals surface area contributed by atoms with Gasteiger partial charge in [-0.3, -0.25) is 4.79 Å². The van der Waals surface area contributed by atoms with Crippen LogP contribution < -0.4 is 5.32 Å². The van der Waals surface area contributed by atoms with E-state index >= 15 is 0 Å². The molecule has 0 atom stereocenters. The summed E-state index contributed by atoms with van der Waals surface area (Å²) in [7, 11) is 0. The van der Waals surface area contributed by atoms with Crippen LogP contribution in [0.25, 0.3) is 22.8 Å². The molecule has 33 heavy (non-hydrogen) atoms. The Balaban J connectivity index is 1.22. The van der Waals surface area contributed by atoms with Crippen molar-refractivity contribution in [3.8, 4) is 22.8 Å². The number of aromatic nitrogens is 5. The Kier molecular flexibility index (Phi) is 6.16. The number of rotatable bonds is 6. The first-order valence-electron chi connectivity index (χ1n) is 10.7. The van der Waals surface area contributed by atoms with Crippen molar-refractivity contribution in [1.29, 1.82) is 0 Å². The predicted octanol–water partition coefficient (Wildman–Crippen LogP) is 4.59. The number of fused-ring (bicyclic) bond motifs is 1. The van der Waals surface area contributed by atoms with Gasteiger partial charge in [0.1, 0.15) is 11.6 Å². The van der Waals surface area contributed by atoms with E-state index in [9.17, 15) is 9.18 Å². The first kappa shape index (κ1) is 21.3. The van der Waals surface area contributed by atoms with Crippen LogP contribution >= 0.6 is 11.8 Å². The predicted molar refractivity (Wildman–Crippen MR) is 122 cm³/mol. The molecule has 8 nitrogen and oxygen atoms in total. The number of thioether (sulfide) groups is 1. The third-order valence-corrected chi connectivity index (χ3v) is 6.16. The van der Waals surface area contributed by atoms with Crippen LogP contribution in [0.2, 0.25) is 0 Å². The molecule has 0 aliphatic carbocycles. The summed E-state index contributed by atoms with van der Waals surface area (Å²) in [5.74, 6) is 1.70. The van der Waals surface area contributed by atoms with E-state index in [1.165, 1.54) is 18.6 Å². The van der Waals surface area contributed by atoms with Crippen molar-refractivity contribution < 1.29 is 13.6 Å². The summed E-state index contributed by atoms with van der Waals surface area (Å²) in [6.07, 6.45) is 4.39. The number of benzene rings is 2. The van der Waals surface area contributed by atoms with Gasteiger partial charge in [-0.25, -0.2) is 4.39 Å². The largest absolute Gasteiger partial charge is 0.411 e. The molecule has 5 rings (SSSR count). The van der Waals surface area contributed by atoms with Gasteiger partial charge < -0.3 is 14.3 Å². The lowest BCUT2D eigenvalue weighted by Crippen LogP contribution is -2.14. The molecule has 168 valence electrons. The first-order chi connectivity index (χ1) is 16.2. The van der Waals surface area contributed by atoms with Gasteiger partial charge in [-0.15, -0.1) is 20.4 Å². The van der Waals surface area contributed by atoms with Crippen LogP contribution in [0.3, 0.4) is 0 Å². The van der Waals surface area contributed by atoms with E-state index in [0.717, 1.165) is 54.8 Å². The van der Waals surface area contributed by atoms with Crippen LogP contribution in [-0.2, 0) is 17.8 Å². The summed E-state index contributed by atoms with van der Waals surface area (Å²) in [6.45, 7) is 0.912. The minimum Gasteiger partial charge on any atom is -0.411 e. The summed E-state index contributed by atoms with van der Waals surface area (Å²) in [6, 6.07) is 13.4. The number of hydrogen-bond donors (Lipinski definition) is 1. The van der Waals surface area contributed by atoms with Gasteiger partial charge >= 0.3 is 0 Å². The quantitative estimate of drug-likeness (QED) is 0.417. The maximum absolute atomic E-state index is 13.1. The summed E-state index contributed by atoms with van der Waals surface area (Å²) in [5.41, 5.74) is 2.21. The average Bonchev–Trinajstić information content (AvgIpc) is 3.39. The van der Waals surface area contributed by atoms with E-state index in [4.69, 9.17) is 4.42 Å². The summed E-state index contributed by atoms with van der Waals surface area (Å²) in [4.78, 5) is 12.5. The highest BCUT2D eigenvalue weighted by Crippen LogP contribution is 2.26. The minimum atomic E-state index is -0.340.